The zero-order valence-corrected chi connectivity index (χ0v) is 17.9. The number of pyridine rings is 1. The first-order valence-corrected chi connectivity index (χ1v) is 10.7. The molecule has 1 atom stereocenters. The summed E-state index contributed by atoms with van der Waals surface area (Å²) in [7, 11) is 0. The van der Waals surface area contributed by atoms with Crippen LogP contribution in [0, 0.1) is 0 Å². The summed E-state index contributed by atoms with van der Waals surface area (Å²) in [5.74, 6) is -0.305. The van der Waals surface area contributed by atoms with Crippen LogP contribution in [0.25, 0.3) is 11.4 Å². The Morgan fingerprint density at radius 2 is 1.81 bits per heavy atom. The summed E-state index contributed by atoms with van der Waals surface area (Å²) in [6.07, 6.45) is -0.591. The van der Waals surface area contributed by atoms with E-state index >= 15 is 0 Å². The molecule has 0 fully saturated rings. The predicted molar refractivity (Wildman–Crippen MR) is 112 cm³/mol. The first-order chi connectivity index (χ1) is 14.8. The lowest BCUT2D eigenvalue weighted by Gasteiger charge is -2.15. The van der Waals surface area contributed by atoms with Gasteiger partial charge in [-0.15, -0.1) is 10.2 Å². The highest BCUT2D eigenvalue weighted by molar-refractivity contribution is 7.99. The topological polar surface area (TPSA) is 72.7 Å². The number of alkyl halides is 3. The van der Waals surface area contributed by atoms with E-state index in [0.29, 0.717) is 5.56 Å². The molecule has 0 aliphatic carbocycles. The summed E-state index contributed by atoms with van der Waals surface area (Å²) in [5, 5.41) is 10.7. The lowest BCUT2D eigenvalue weighted by Crippen LogP contribution is -2.28. The Kier molecular flexibility index (Phi) is 7.32. The van der Waals surface area contributed by atoms with Gasteiger partial charge in [0, 0.05) is 18.0 Å². The number of rotatable bonds is 8. The number of nitrogens with zero attached hydrogens (tertiary/aromatic N) is 4. The highest BCUT2D eigenvalue weighted by Gasteiger charge is 2.31. The summed E-state index contributed by atoms with van der Waals surface area (Å²) in [5.41, 5.74) is 2.62. The van der Waals surface area contributed by atoms with E-state index in [1.54, 1.807) is 12.1 Å². The van der Waals surface area contributed by atoms with Gasteiger partial charge in [-0.3, -0.25) is 14.3 Å². The van der Waals surface area contributed by atoms with Gasteiger partial charge in [-0.25, -0.2) is 0 Å². The van der Waals surface area contributed by atoms with E-state index in [9.17, 15) is 18.0 Å². The number of carbonyl (C=O) groups excluding carboxylic acids is 1. The summed E-state index contributed by atoms with van der Waals surface area (Å²) in [6.45, 7) is 2.67. The maximum atomic E-state index is 13.1. The van der Waals surface area contributed by atoms with Crippen LogP contribution in [0.3, 0.4) is 0 Å². The van der Waals surface area contributed by atoms with Crippen LogP contribution >= 0.6 is 11.8 Å². The molecule has 2 heterocycles. The molecular formula is C21H22F3N5OS. The zero-order chi connectivity index (χ0) is 22.4. The quantitative estimate of drug-likeness (QED) is 0.515. The number of halogens is 3. The average molecular weight is 450 g/mol. The lowest BCUT2D eigenvalue weighted by atomic mass is 10.1. The minimum absolute atomic E-state index is 0.0271. The highest BCUT2D eigenvalue weighted by Crippen LogP contribution is 2.28. The number of benzene rings is 1. The van der Waals surface area contributed by atoms with Gasteiger partial charge in [0.05, 0.1) is 11.8 Å². The molecule has 3 aromatic rings. The third-order valence-electron chi connectivity index (χ3n) is 4.59. The van der Waals surface area contributed by atoms with Crippen LogP contribution in [0.1, 0.15) is 31.0 Å². The molecule has 1 aromatic carbocycles. The predicted octanol–water partition coefficient (Wildman–Crippen LogP) is 4.43. The van der Waals surface area contributed by atoms with Crippen LogP contribution in [0.2, 0.25) is 0 Å². The fourth-order valence-electron chi connectivity index (χ4n) is 2.97. The Morgan fingerprint density at radius 1 is 1.13 bits per heavy atom. The Bertz CT molecular complexity index is 1010. The molecule has 1 unspecified atom stereocenters. The minimum atomic E-state index is -4.46. The highest BCUT2D eigenvalue weighted by atomic mass is 32.2. The number of hydrogen-bond acceptors (Lipinski definition) is 5. The summed E-state index contributed by atoms with van der Waals surface area (Å²) in [6, 6.07) is 10.8. The van der Waals surface area contributed by atoms with Gasteiger partial charge in [-0.2, -0.15) is 13.2 Å². The van der Waals surface area contributed by atoms with E-state index < -0.39 is 12.7 Å². The number of thioether (sulfide) groups is 1. The van der Waals surface area contributed by atoms with Gasteiger partial charge in [0.2, 0.25) is 5.91 Å². The largest absolute Gasteiger partial charge is 0.406 e. The van der Waals surface area contributed by atoms with E-state index in [-0.39, 0.29) is 28.7 Å². The number of carbonyl (C=O) groups is 1. The molecule has 10 heteroatoms. The zero-order valence-electron chi connectivity index (χ0n) is 17.1. The van der Waals surface area contributed by atoms with E-state index in [0.717, 1.165) is 28.3 Å². The van der Waals surface area contributed by atoms with Crippen molar-refractivity contribution in [1.82, 2.24) is 25.1 Å². The van der Waals surface area contributed by atoms with Crippen molar-refractivity contribution >= 4 is 17.7 Å². The van der Waals surface area contributed by atoms with Gasteiger partial charge >= 0.3 is 6.18 Å². The first-order valence-electron chi connectivity index (χ1n) is 9.68. The molecule has 1 amide bonds. The number of aromatic nitrogens is 4. The third kappa shape index (κ3) is 6.30. The van der Waals surface area contributed by atoms with Crippen molar-refractivity contribution < 1.29 is 18.0 Å². The maximum absolute atomic E-state index is 13.1. The van der Waals surface area contributed by atoms with Crippen molar-refractivity contribution in [1.29, 1.82) is 0 Å². The second-order valence-electron chi connectivity index (χ2n) is 6.92. The first kappa shape index (κ1) is 22.8. The van der Waals surface area contributed by atoms with E-state index in [4.69, 9.17) is 0 Å². The van der Waals surface area contributed by atoms with Crippen LogP contribution in [-0.2, 0) is 17.8 Å². The van der Waals surface area contributed by atoms with Gasteiger partial charge in [0.25, 0.3) is 0 Å². The number of hydrogen-bond donors (Lipinski definition) is 1. The lowest BCUT2D eigenvalue weighted by molar-refractivity contribution is -0.141. The summed E-state index contributed by atoms with van der Waals surface area (Å²) >= 11 is 0.916. The molecule has 6 nitrogen and oxygen atoms in total. The molecule has 31 heavy (non-hydrogen) atoms. The Hall–Kier alpha value is -2.88. The summed E-state index contributed by atoms with van der Waals surface area (Å²) < 4.78 is 40.4. The molecule has 0 spiro atoms. The maximum Gasteiger partial charge on any atom is 0.406 e. The van der Waals surface area contributed by atoms with Crippen LogP contribution < -0.4 is 5.32 Å². The monoisotopic (exact) mass is 449 g/mol. The van der Waals surface area contributed by atoms with Gasteiger partial charge in [-0.1, -0.05) is 43.0 Å². The van der Waals surface area contributed by atoms with Crippen LogP contribution in [0.4, 0.5) is 13.2 Å². The molecule has 0 bridgehead atoms. The standard InChI is InChI=1S/C21H22F3N5OS/c1-3-15-4-6-16(7-5-15)14(2)26-18(30)12-31-20-28-27-19(17-8-10-25-11-9-17)29(20)13-21(22,23)24/h4-11,14H,3,12-13H2,1-2H3,(H,26,30). The molecule has 0 saturated heterocycles. The van der Waals surface area contributed by atoms with Crippen molar-refractivity contribution in [2.24, 2.45) is 0 Å². The number of amides is 1. The van der Waals surface area contributed by atoms with Crippen LogP contribution in [0.5, 0.6) is 0 Å². The van der Waals surface area contributed by atoms with Crippen molar-refractivity contribution in [3.8, 4) is 11.4 Å². The smallest absolute Gasteiger partial charge is 0.349 e. The second kappa shape index (κ2) is 9.95. The molecule has 0 radical (unpaired) electrons. The second-order valence-corrected chi connectivity index (χ2v) is 7.86. The Labute approximate surface area is 182 Å². The molecule has 1 N–H and O–H groups in total. The molecular weight excluding hydrogens is 427 g/mol. The Balaban J connectivity index is 1.68. The number of aryl methyl sites for hydroxylation is 1. The Morgan fingerprint density at radius 3 is 2.42 bits per heavy atom. The minimum Gasteiger partial charge on any atom is -0.349 e. The fraction of sp³-hybridized carbons (Fsp3) is 0.333. The average Bonchev–Trinajstić information content (AvgIpc) is 3.13. The van der Waals surface area contributed by atoms with Gasteiger partial charge < -0.3 is 5.32 Å². The molecule has 0 aliphatic rings. The number of nitrogens with one attached hydrogen (secondary N) is 1. The fourth-order valence-corrected chi connectivity index (χ4v) is 3.72. The molecule has 3 rings (SSSR count). The molecule has 0 saturated carbocycles. The van der Waals surface area contributed by atoms with Crippen LogP contribution in [-0.4, -0.2) is 37.6 Å². The SMILES string of the molecule is CCc1ccc(C(C)NC(=O)CSc2nnc(-c3ccncc3)n2CC(F)(F)F)cc1. The molecule has 0 aliphatic heterocycles. The van der Waals surface area contributed by atoms with Gasteiger partial charge in [-0.05, 0) is 36.6 Å². The summed E-state index contributed by atoms with van der Waals surface area (Å²) in [4.78, 5) is 16.2. The van der Waals surface area contributed by atoms with E-state index in [1.165, 1.54) is 18.0 Å². The van der Waals surface area contributed by atoms with E-state index in [1.807, 2.05) is 31.2 Å². The van der Waals surface area contributed by atoms with Crippen molar-refractivity contribution in [3.05, 3.63) is 59.9 Å². The van der Waals surface area contributed by atoms with Crippen molar-refractivity contribution in [2.75, 3.05) is 5.75 Å². The molecule has 164 valence electrons. The van der Waals surface area contributed by atoms with Gasteiger partial charge in [0.1, 0.15) is 6.54 Å². The third-order valence-corrected chi connectivity index (χ3v) is 5.56. The van der Waals surface area contributed by atoms with Crippen LogP contribution in [0.15, 0.2) is 53.9 Å². The van der Waals surface area contributed by atoms with Crippen molar-refractivity contribution in [3.63, 3.8) is 0 Å². The normalized spacial score (nSPS) is 12.5. The van der Waals surface area contributed by atoms with Gasteiger partial charge in [0.15, 0.2) is 11.0 Å². The van der Waals surface area contributed by atoms with E-state index in [2.05, 4.69) is 27.4 Å². The molecule has 2 aromatic heterocycles. The van der Waals surface area contributed by atoms with Crippen molar-refractivity contribution in [2.45, 2.75) is 44.2 Å².